The van der Waals surface area contributed by atoms with Crippen molar-refractivity contribution in [3.05, 3.63) is 114 Å². The summed E-state index contributed by atoms with van der Waals surface area (Å²) in [4.78, 5) is 15.1. The first-order chi connectivity index (χ1) is 27.4. The molecule has 316 valence electrons. The molecule has 3 aromatic carbocycles. The number of carbonyl (C=O) groups is 1. The van der Waals surface area contributed by atoms with Crippen LogP contribution in [0.25, 0.3) is 0 Å². The van der Waals surface area contributed by atoms with Gasteiger partial charge in [-0.25, -0.2) is 0 Å². The number of carbonyl (C=O) groups excluding carboxylic acids is 1. The fourth-order valence-corrected chi connectivity index (χ4v) is 6.31. The lowest BCUT2D eigenvalue weighted by Crippen LogP contribution is -2.47. The van der Waals surface area contributed by atoms with Crippen LogP contribution in [0.4, 0.5) is 5.69 Å². The molecule has 57 heavy (non-hydrogen) atoms. The molecule has 4 rings (SSSR count). The Balaban J connectivity index is 0.000000297. The van der Waals surface area contributed by atoms with E-state index in [4.69, 9.17) is 9.47 Å². The van der Waals surface area contributed by atoms with E-state index >= 15 is 0 Å². The van der Waals surface area contributed by atoms with E-state index in [-0.39, 0.29) is 11.9 Å². The van der Waals surface area contributed by atoms with E-state index in [0.29, 0.717) is 38.4 Å². The number of benzene rings is 3. The van der Waals surface area contributed by atoms with Gasteiger partial charge in [0.2, 0.25) is 5.91 Å². The number of aliphatic hydroxyl groups is 2. The number of allylic oxidation sites excluding steroid dienone is 2. The average Bonchev–Trinajstić information content (AvgIpc) is 3.20. The van der Waals surface area contributed by atoms with Gasteiger partial charge in [0, 0.05) is 30.9 Å². The van der Waals surface area contributed by atoms with Crippen molar-refractivity contribution >= 4 is 11.6 Å². The van der Waals surface area contributed by atoms with Crippen LogP contribution >= 0.6 is 0 Å². The summed E-state index contributed by atoms with van der Waals surface area (Å²) in [7, 11) is 0. The highest BCUT2D eigenvalue weighted by Crippen LogP contribution is 2.24. The number of hydrogen-bond acceptors (Lipinski definition) is 8. The number of nitrogens with one attached hydrogen (secondary N) is 3. The first-order valence-electron chi connectivity index (χ1n) is 21.0. The van der Waals surface area contributed by atoms with Crippen LogP contribution in [0.15, 0.2) is 92.0 Å². The Hall–Kier alpha value is -3.99. The number of aryl methyl sites for hydroxylation is 2. The lowest BCUT2D eigenvalue weighted by Gasteiger charge is -2.34. The number of piperidine rings is 1. The summed E-state index contributed by atoms with van der Waals surface area (Å²) >= 11 is 0. The van der Waals surface area contributed by atoms with E-state index in [1.807, 2.05) is 94.4 Å². The number of nitrogens with zero attached hydrogens (tertiary/aromatic N) is 1. The van der Waals surface area contributed by atoms with Gasteiger partial charge in [0.15, 0.2) is 0 Å². The quantitative estimate of drug-likeness (QED) is 0.0687. The van der Waals surface area contributed by atoms with Crippen LogP contribution in [0.1, 0.15) is 89.0 Å². The van der Waals surface area contributed by atoms with E-state index in [0.717, 1.165) is 78.2 Å². The lowest BCUT2D eigenvalue weighted by atomic mass is 10.00. The van der Waals surface area contributed by atoms with Crippen molar-refractivity contribution in [2.75, 3.05) is 44.7 Å². The van der Waals surface area contributed by atoms with Crippen LogP contribution in [0.2, 0.25) is 0 Å². The van der Waals surface area contributed by atoms with Gasteiger partial charge in [-0.2, -0.15) is 0 Å². The number of amides is 1. The first-order valence-corrected chi connectivity index (χ1v) is 21.0. The molecule has 0 spiro atoms. The fraction of sp³-hybridized carbons (Fsp3) is 0.521. The largest absolute Gasteiger partial charge is 0.491 e. The van der Waals surface area contributed by atoms with E-state index in [1.54, 1.807) is 0 Å². The lowest BCUT2D eigenvalue weighted by molar-refractivity contribution is -0.122. The van der Waals surface area contributed by atoms with E-state index < -0.39 is 12.2 Å². The average molecular weight is 787 g/mol. The van der Waals surface area contributed by atoms with Crippen molar-refractivity contribution in [1.29, 1.82) is 0 Å². The third kappa shape index (κ3) is 19.8. The molecular formula is C48H74N4O5. The smallest absolute Gasteiger partial charge is 0.241 e. The Morgan fingerprint density at radius 3 is 1.74 bits per heavy atom. The van der Waals surface area contributed by atoms with Crippen molar-refractivity contribution in [1.82, 2.24) is 15.5 Å². The summed E-state index contributed by atoms with van der Waals surface area (Å²) in [5.74, 6) is 1.81. The standard InChI is InChI=1S/C18H28N2O.2C15H23NO2/c1-4-5-12-20-13-7-6-11-16(20)18(21)19-17-14(2)9-8-10-15(17)3;2*1-4-7-13-8-5-6-9-15(13)18-11-14(17)10-16-12(2)3/h8-10,16H,4-7,11-13H2,1-3H3,(H,19,21);2*4-6,8-9,12,14,16-17H,1,7,10-11H2,2-3H3. The van der Waals surface area contributed by atoms with Gasteiger partial charge < -0.3 is 35.6 Å². The Labute approximate surface area is 345 Å². The Morgan fingerprint density at radius 1 is 0.789 bits per heavy atom. The number of hydrogen-bond donors (Lipinski definition) is 5. The summed E-state index contributed by atoms with van der Waals surface area (Å²) < 4.78 is 11.3. The van der Waals surface area contributed by atoms with Crippen LogP contribution in [-0.2, 0) is 17.6 Å². The molecule has 1 amide bonds. The number of aliphatic hydroxyl groups excluding tert-OH is 2. The predicted octanol–water partition coefficient (Wildman–Crippen LogP) is 8.20. The van der Waals surface area contributed by atoms with Crippen LogP contribution in [-0.4, -0.2) is 90.7 Å². The van der Waals surface area contributed by atoms with Crippen LogP contribution in [0, 0.1) is 13.8 Å². The second-order valence-corrected chi connectivity index (χ2v) is 15.4. The van der Waals surface area contributed by atoms with Gasteiger partial charge in [-0.15, -0.1) is 13.2 Å². The summed E-state index contributed by atoms with van der Waals surface area (Å²) in [5.41, 5.74) is 5.45. The maximum absolute atomic E-state index is 12.7. The van der Waals surface area contributed by atoms with Gasteiger partial charge in [-0.05, 0) is 93.4 Å². The molecule has 3 aromatic rings. The molecule has 0 aliphatic carbocycles. The molecule has 1 aliphatic heterocycles. The topological polar surface area (TPSA) is 115 Å². The number of unbranched alkanes of at least 4 members (excludes halogenated alkanes) is 1. The van der Waals surface area contributed by atoms with Gasteiger partial charge >= 0.3 is 0 Å². The zero-order valence-corrected chi connectivity index (χ0v) is 36.1. The van der Waals surface area contributed by atoms with Gasteiger partial charge in [0.25, 0.3) is 0 Å². The van der Waals surface area contributed by atoms with Crippen LogP contribution < -0.4 is 25.4 Å². The second kappa shape index (κ2) is 28.4. The summed E-state index contributed by atoms with van der Waals surface area (Å²) in [5, 5.41) is 29.1. The normalized spacial score (nSPS) is 15.0. The molecule has 0 aromatic heterocycles. The maximum atomic E-state index is 12.7. The highest BCUT2D eigenvalue weighted by Gasteiger charge is 2.28. The zero-order chi connectivity index (χ0) is 42.0. The molecule has 1 heterocycles. The van der Waals surface area contributed by atoms with Gasteiger partial charge in [0.1, 0.15) is 36.9 Å². The van der Waals surface area contributed by atoms with E-state index in [9.17, 15) is 15.0 Å². The molecule has 3 unspecified atom stereocenters. The Morgan fingerprint density at radius 2 is 1.28 bits per heavy atom. The number of likely N-dealkylation sites (tertiary alicyclic amines) is 1. The van der Waals surface area contributed by atoms with Crippen molar-refractivity contribution in [2.24, 2.45) is 0 Å². The Bertz CT molecular complexity index is 1490. The minimum Gasteiger partial charge on any atom is -0.491 e. The van der Waals surface area contributed by atoms with E-state index in [1.165, 1.54) is 19.3 Å². The van der Waals surface area contributed by atoms with Crippen LogP contribution in [0.5, 0.6) is 11.5 Å². The van der Waals surface area contributed by atoms with Crippen molar-refractivity contribution < 1.29 is 24.5 Å². The van der Waals surface area contributed by atoms with Gasteiger partial charge in [-0.1, -0.05) is 114 Å². The summed E-state index contributed by atoms with van der Waals surface area (Å²) in [6, 6.07) is 22.6. The molecule has 1 fully saturated rings. The molecule has 9 heteroatoms. The number of para-hydroxylation sites is 3. The summed E-state index contributed by atoms with van der Waals surface area (Å²) in [6.07, 6.45) is 9.97. The van der Waals surface area contributed by atoms with Gasteiger partial charge in [0.05, 0.1) is 6.04 Å². The molecule has 3 atom stereocenters. The Kier molecular flexibility index (Phi) is 24.5. The van der Waals surface area contributed by atoms with Gasteiger partial charge in [-0.3, -0.25) is 9.69 Å². The molecule has 5 N–H and O–H groups in total. The molecule has 9 nitrogen and oxygen atoms in total. The molecular weight excluding hydrogens is 713 g/mol. The van der Waals surface area contributed by atoms with Crippen molar-refractivity contribution in [2.45, 2.75) is 124 Å². The second-order valence-electron chi connectivity index (χ2n) is 15.4. The van der Waals surface area contributed by atoms with Crippen molar-refractivity contribution in [3.8, 4) is 11.5 Å². The maximum Gasteiger partial charge on any atom is 0.241 e. The molecule has 0 radical (unpaired) electrons. The predicted molar refractivity (Wildman–Crippen MR) is 239 cm³/mol. The van der Waals surface area contributed by atoms with Crippen molar-refractivity contribution in [3.63, 3.8) is 0 Å². The zero-order valence-electron chi connectivity index (χ0n) is 36.1. The number of rotatable bonds is 21. The number of anilines is 1. The SMILES string of the molecule is C=CCc1ccccc1OCC(O)CNC(C)C.C=CCc1ccccc1OCC(O)CNC(C)C.CCCCN1CCCCC1C(=O)Nc1c(C)cccc1C. The highest BCUT2D eigenvalue weighted by molar-refractivity contribution is 5.96. The fourth-order valence-electron chi connectivity index (χ4n) is 6.31. The number of ether oxygens (including phenoxy) is 2. The minimum absolute atomic E-state index is 0.0457. The van der Waals surface area contributed by atoms with E-state index in [2.05, 4.69) is 66.9 Å². The molecule has 1 aliphatic rings. The minimum atomic E-state index is -0.496. The third-order valence-electron chi connectivity index (χ3n) is 9.50. The molecule has 0 bridgehead atoms. The molecule has 1 saturated heterocycles. The summed E-state index contributed by atoms with van der Waals surface area (Å²) in [6.45, 7) is 25.7. The van der Waals surface area contributed by atoms with Crippen LogP contribution in [0.3, 0.4) is 0 Å². The molecule has 0 saturated carbocycles. The third-order valence-corrected chi connectivity index (χ3v) is 9.50. The monoisotopic (exact) mass is 787 g/mol. The first kappa shape index (κ1) is 49.2. The highest BCUT2D eigenvalue weighted by atomic mass is 16.5.